The van der Waals surface area contributed by atoms with Gasteiger partial charge in [-0.2, -0.15) is 0 Å². The number of benzene rings is 2. The van der Waals surface area contributed by atoms with Crippen LogP contribution in [0.15, 0.2) is 59.7 Å². The van der Waals surface area contributed by atoms with E-state index in [9.17, 15) is 5.11 Å². The topological polar surface area (TPSA) is 20.2 Å². The lowest BCUT2D eigenvalue weighted by atomic mass is 9.89. The van der Waals surface area contributed by atoms with Crippen LogP contribution >= 0.6 is 23.2 Å². The minimum absolute atomic E-state index is 0.266. The normalized spacial score (nSPS) is 16.1. The van der Waals surface area contributed by atoms with Gasteiger partial charge in [-0.05, 0) is 84.7 Å². The Balaban J connectivity index is 2.27. The number of hydrogen-bond acceptors (Lipinski definition) is 1. The quantitative estimate of drug-likeness (QED) is 0.519. The van der Waals surface area contributed by atoms with Crippen LogP contribution in [0.25, 0.3) is 11.6 Å². The van der Waals surface area contributed by atoms with Crippen molar-refractivity contribution in [3.63, 3.8) is 0 Å². The van der Waals surface area contributed by atoms with Gasteiger partial charge >= 0.3 is 0 Å². The highest BCUT2D eigenvalue weighted by Crippen LogP contribution is 2.42. The second kappa shape index (κ2) is 8.82. The molecule has 2 aromatic rings. The van der Waals surface area contributed by atoms with Gasteiger partial charge in [0.2, 0.25) is 0 Å². The first-order chi connectivity index (χ1) is 13.0. The van der Waals surface area contributed by atoms with Gasteiger partial charge in [0.15, 0.2) is 0 Å². The highest BCUT2D eigenvalue weighted by Gasteiger charge is 2.22. The van der Waals surface area contributed by atoms with Crippen molar-refractivity contribution < 1.29 is 5.11 Å². The van der Waals surface area contributed by atoms with E-state index in [1.165, 1.54) is 16.7 Å². The molecule has 1 aliphatic rings. The van der Waals surface area contributed by atoms with Crippen LogP contribution in [-0.4, -0.2) is 5.11 Å². The van der Waals surface area contributed by atoms with Crippen molar-refractivity contribution in [2.24, 2.45) is 0 Å². The van der Waals surface area contributed by atoms with Gasteiger partial charge in [-0.15, -0.1) is 0 Å². The maximum absolute atomic E-state index is 9.89. The van der Waals surface area contributed by atoms with Gasteiger partial charge in [-0.25, -0.2) is 0 Å². The van der Waals surface area contributed by atoms with Crippen LogP contribution in [0.1, 0.15) is 49.8 Å². The molecule has 0 saturated carbocycles. The van der Waals surface area contributed by atoms with Crippen LogP contribution in [0.2, 0.25) is 10.0 Å². The average molecular weight is 399 g/mol. The minimum Gasteiger partial charge on any atom is -0.508 e. The van der Waals surface area contributed by atoms with Crippen molar-refractivity contribution in [3.8, 4) is 5.75 Å². The average Bonchev–Trinajstić information content (AvgIpc) is 2.80. The summed E-state index contributed by atoms with van der Waals surface area (Å²) in [6, 6.07) is 11.3. The minimum atomic E-state index is 0.266. The Hall–Kier alpha value is -1.96. The monoisotopic (exact) mass is 398 g/mol. The van der Waals surface area contributed by atoms with Crippen molar-refractivity contribution in [2.45, 2.75) is 39.5 Å². The SMILES string of the molecule is C/C=C\CC1=C(CC)CCc2c(ccc(Cl)c2Cl)/C1=C/c1cccc(O)c1. The molecule has 0 fully saturated rings. The number of hydrogen-bond donors (Lipinski definition) is 1. The second-order valence-corrected chi connectivity index (χ2v) is 7.53. The third kappa shape index (κ3) is 4.31. The third-order valence-electron chi connectivity index (χ3n) is 5.08. The van der Waals surface area contributed by atoms with Gasteiger partial charge in [0.25, 0.3) is 0 Å². The first-order valence-electron chi connectivity index (χ1n) is 9.35. The molecule has 0 atom stereocenters. The predicted octanol–water partition coefficient (Wildman–Crippen LogP) is 7.86. The summed E-state index contributed by atoms with van der Waals surface area (Å²) in [5.74, 6) is 0.266. The van der Waals surface area contributed by atoms with E-state index in [0.29, 0.717) is 10.0 Å². The lowest BCUT2D eigenvalue weighted by Crippen LogP contribution is -1.96. The molecule has 0 radical (unpaired) electrons. The van der Waals surface area contributed by atoms with E-state index in [4.69, 9.17) is 23.2 Å². The van der Waals surface area contributed by atoms with Gasteiger partial charge in [-0.1, -0.05) is 66.0 Å². The summed E-state index contributed by atoms with van der Waals surface area (Å²) in [4.78, 5) is 0. The second-order valence-electron chi connectivity index (χ2n) is 6.75. The van der Waals surface area contributed by atoms with E-state index < -0.39 is 0 Å². The Morgan fingerprint density at radius 2 is 1.93 bits per heavy atom. The molecule has 0 amide bonds. The first kappa shape index (κ1) is 19.8. The summed E-state index contributed by atoms with van der Waals surface area (Å²) in [7, 11) is 0. The molecule has 0 saturated heterocycles. The molecule has 2 aromatic carbocycles. The largest absolute Gasteiger partial charge is 0.508 e. The summed E-state index contributed by atoms with van der Waals surface area (Å²) in [6.07, 6.45) is 10.2. The number of phenols is 1. The Bertz CT molecular complexity index is 935. The molecule has 3 heteroatoms. The molecule has 0 spiro atoms. The molecule has 27 heavy (non-hydrogen) atoms. The van der Waals surface area contributed by atoms with Crippen LogP contribution in [0.3, 0.4) is 0 Å². The number of halogens is 2. The van der Waals surface area contributed by atoms with E-state index in [1.54, 1.807) is 12.1 Å². The third-order valence-corrected chi connectivity index (χ3v) is 5.92. The maximum Gasteiger partial charge on any atom is 0.116 e. The van der Waals surface area contributed by atoms with Crippen LogP contribution in [-0.2, 0) is 6.42 Å². The van der Waals surface area contributed by atoms with Gasteiger partial charge < -0.3 is 5.11 Å². The van der Waals surface area contributed by atoms with Gasteiger partial charge in [-0.3, -0.25) is 0 Å². The molecule has 0 aliphatic heterocycles. The zero-order valence-electron chi connectivity index (χ0n) is 15.7. The van der Waals surface area contributed by atoms with E-state index in [-0.39, 0.29) is 5.75 Å². The van der Waals surface area contributed by atoms with Crippen molar-refractivity contribution in [1.29, 1.82) is 0 Å². The first-order valence-corrected chi connectivity index (χ1v) is 10.1. The van der Waals surface area contributed by atoms with Crippen LogP contribution in [0.5, 0.6) is 5.75 Å². The zero-order chi connectivity index (χ0) is 19.4. The summed E-state index contributed by atoms with van der Waals surface area (Å²) >= 11 is 12.9. The molecule has 140 valence electrons. The number of allylic oxidation sites excluding steroid dienone is 5. The highest BCUT2D eigenvalue weighted by atomic mass is 35.5. The number of rotatable bonds is 4. The molecule has 0 aromatic heterocycles. The predicted molar refractivity (Wildman–Crippen MR) is 118 cm³/mol. The van der Waals surface area contributed by atoms with Crippen LogP contribution in [0.4, 0.5) is 0 Å². The molecule has 1 nitrogen and oxygen atoms in total. The standard InChI is InChI=1S/C24H24Cl2O/c1-3-5-9-19-17(4-2)10-11-21-20(12-13-23(25)24(21)26)22(19)15-16-7-6-8-18(27)14-16/h3,5-8,12-15,27H,4,9-11H2,1-2H3/b5-3-,22-15+. The van der Waals surface area contributed by atoms with Crippen LogP contribution in [0, 0.1) is 0 Å². The van der Waals surface area contributed by atoms with E-state index in [1.807, 2.05) is 25.1 Å². The molecule has 1 N–H and O–H groups in total. The summed E-state index contributed by atoms with van der Waals surface area (Å²) in [5.41, 5.74) is 7.17. The lowest BCUT2D eigenvalue weighted by Gasteiger charge is -2.16. The van der Waals surface area contributed by atoms with Gasteiger partial charge in [0, 0.05) is 0 Å². The van der Waals surface area contributed by atoms with Crippen molar-refractivity contribution in [2.75, 3.05) is 0 Å². The van der Waals surface area contributed by atoms with Crippen molar-refractivity contribution in [3.05, 3.63) is 86.4 Å². The molecule has 1 aliphatic carbocycles. The van der Waals surface area contributed by atoms with Crippen molar-refractivity contribution in [1.82, 2.24) is 0 Å². The summed E-state index contributed by atoms with van der Waals surface area (Å²) < 4.78 is 0. The Morgan fingerprint density at radius 3 is 2.63 bits per heavy atom. The van der Waals surface area contributed by atoms with E-state index >= 15 is 0 Å². The zero-order valence-corrected chi connectivity index (χ0v) is 17.2. The maximum atomic E-state index is 9.89. The Morgan fingerprint density at radius 1 is 1.11 bits per heavy atom. The fourth-order valence-corrected chi connectivity index (χ4v) is 4.13. The molecule has 0 heterocycles. The smallest absolute Gasteiger partial charge is 0.116 e. The molecular weight excluding hydrogens is 375 g/mol. The van der Waals surface area contributed by atoms with Gasteiger partial charge in [0.05, 0.1) is 10.0 Å². The fraction of sp³-hybridized carbons (Fsp3) is 0.250. The lowest BCUT2D eigenvalue weighted by molar-refractivity contribution is 0.475. The molecule has 0 unspecified atom stereocenters. The van der Waals surface area contributed by atoms with E-state index in [2.05, 4.69) is 31.2 Å². The van der Waals surface area contributed by atoms with E-state index in [0.717, 1.165) is 42.4 Å². The number of fused-ring (bicyclic) bond motifs is 1. The molecule has 0 bridgehead atoms. The molecular formula is C24H24Cl2O. The van der Waals surface area contributed by atoms with Crippen LogP contribution < -0.4 is 0 Å². The number of aromatic hydroxyl groups is 1. The number of phenolic OH excluding ortho intramolecular Hbond substituents is 1. The Labute approximate surface area is 171 Å². The summed E-state index contributed by atoms with van der Waals surface area (Å²) in [6.45, 7) is 4.26. The molecule has 3 rings (SSSR count). The summed E-state index contributed by atoms with van der Waals surface area (Å²) in [5, 5.41) is 11.1. The van der Waals surface area contributed by atoms with Crippen molar-refractivity contribution >= 4 is 34.9 Å². The fourth-order valence-electron chi connectivity index (χ4n) is 3.70. The van der Waals surface area contributed by atoms with Gasteiger partial charge in [0.1, 0.15) is 5.75 Å². The Kier molecular flexibility index (Phi) is 6.46. The highest BCUT2D eigenvalue weighted by molar-refractivity contribution is 6.42.